The normalized spacial score (nSPS) is 10.1. The number of benzene rings is 1. The van der Waals surface area contributed by atoms with Crippen LogP contribution in [0, 0.1) is 37.0 Å². The minimum Gasteiger partial charge on any atom is -0.115 e. The minimum absolute atomic E-state index is 0.500. The van der Waals surface area contributed by atoms with Crippen molar-refractivity contribution in [2.75, 3.05) is 0 Å². The summed E-state index contributed by atoms with van der Waals surface area (Å²) >= 11 is 0. The van der Waals surface area contributed by atoms with Gasteiger partial charge < -0.3 is 0 Å². The summed E-state index contributed by atoms with van der Waals surface area (Å²) in [5.74, 6) is 2.71. The molecule has 0 bridgehead atoms. The Bertz CT molecular complexity index is 455. The molecule has 0 heteroatoms. The third kappa shape index (κ3) is 20.7. The SMILES string of the molecule is C#Cc1c(C)cc(CC)cc1C.CC.CC(C)(C)C.CCC(C)(C)C. The monoisotopic (exact) mass is 346 g/mol. The zero-order chi connectivity index (χ0) is 20.8. The molecule has 146 valence electrons. The summed E-state index contributed by atoms with van der Waals surface area (Å²) in [6, 6.07) is 4.34. The Morgan fingerprint density at radius 1 is 0.840 bits per heavy atom. The highest BCUT2D eigenvalue weighted by molar-refractivity contribution is 5.47. The van der Waals surface area contributed by atoms with Gasteiger partial charge in [0.2, 0.25) is 0 Å². The second kappa shape index (κ2) is 14.0. The van der Waals surface area contributed by atoms with Crippen molar-refractivity contribution in [1.82, 2.24) is 0 Å². The molecule has 0 fully saturated rings. The van der Waals surface area contributed by atoms with Crippen molar-refractivity contribution in [3.63, 3.8) is 0 Å². The van der Waals surface area contributed by atoms with Crippen LogP contribution in [0.2, 0.25) is 0 Å². The van der Waals surface area contributed by atoms with Crippen molar-refractivity contribution < 1.29 is 0 Å². The van der Waals surface area contributed by atoms with E-state index in [1.165, 1.54) is 23.1 Å². The van der Waals surface area contributed by atoms with E-state index in [9.17, 15) is 0 Å². The summed E-state index contributed by atoms with van der Waals surface area (Å²) in [5.41, 5.74) is 5.89. The molecule has 0 aliphatic heterocycles. The van der Waals surface area contributed by atoms with E-state index in [0.29, 0.717) is 10.8 Å². The first kappa shape index (κ1) is 28.6. The molecular weight excluding hydrogens is 300 g/mol. The van der Waals surface area contributed by atoms with Crippen molar-refractivity contribution in [3.8, 4) is 12.3 Å². The van der Waals surface area contributed by atoms with Crippen LogP contribution in [0.5, 0.6) is 0 Å². The van der Waals surface area contributed by atoms with E-state index < -0.39 is 0 Å². The first-order valence-corrected chi connectivity index (χ1v) is 9.81. The van der Waals surface area contributed by atoms with Crippen LogP contribution in [0.3, 0.4) is 0 Å². The van der Waals surface area contributed by atoms with Crippen LogP contribution in [-0.2, 0) is 6.42 Å². The number of terminal acetylenes is 1. The van der Waals surface area contributed by atoms with Gasteiger partial charge in [0.25, 0.3) is 0 Å². The second-order valence-corrected chi connectivity index (χ2v) is 9.02. The maximum Gasteiger partial charge on any atom is 0.0301 e. The zero-order valence-electron chi connectivity index (χ0n) is 19.6. The van der Waals surface area contributed by atoms with Crippen molar-refractivity contribution >= 4 is 0 Å². The number of aryl methyl sites for hydroxylation is 3. The average Bonchev–Trinajstić information content (AvgIpc) is 2.47. The fourth-order valence-electron chi connectivity index (χ4n) is 1.48. The molecule has 0 saturated heterocycles. The Kier molecular flexibility index (Phi) is 16.0. The highest BCUT2D eigenvalue weighted by atomic mass is 14.1. The zero-order valence-corrected chi connectivity index (χ0v) is 19.6. The standard InChI is InChI=1S/C12H14.C6H14.C5H12.C2H6/c1-5-11-7-9(3)12(6-2)10(4)8-11;1-5-6(2,3)4;1-5(2,3)4;1-2/h2,7-8H,5H2,1,3-4H3;5H2,1-4H3;1-4H3;1-2H3. The van der Waals surface area contributed by atoms with Crippen molar-refractivity contribution in [2.24, 2.45) is 10.8 Å². The van der Waals surface area contributed by atoms with Gasteiger partial charge in [0.15, 0.2) is 0 Å². The largest absolute Gasteiger partial charge is 0.115 e. The second-order valence-electron chi connectivity index (χ2n) is 9.02. The Labute approximate surface area is 160 Å². The van der Waals surface area contributed by atoms with Gasteiger partial charge in [-0.3, -0.25) is 0 Å². The highest BCUT2D eigenvalue weighted by Gasteiger charge is 2.03. The van der Waals surface area contributed by atoms with Gasteiger partial charge in [-0.2, -0.15) is 0 Å². The first-order chi connectivity index (χ1) is 11.2. The molecule has 0 saturated carbocycles. The summed E-state index contributed by atoms with van der Waals surface area (Å²) in [5, 5.41) is 0. The molecule has 0 nitrogen and oxygen atoms in total. The predicted octanol–water partition coefficient (Wildman–Crippen LogP) is 8.37. The predicted molar refractivity (Wildman–Crippen MR) is 119 cm³/mol. The maximum atomic E-state index is 5.39. The van der Waals surface area contributed by atoms with Gasteiger partial charge in [-0.05, 0) is 47.8 Å². The Morgan fingerprint density at radius 2 is 1.12 bits per heavy atom. The number of hydrogen-bond donors (Lipinski definition) is 0. The lowest BCUT2D eigenvalue weighted by Gasteiger charge is -2.12. The summed E-state index contributed by atoms with van der Waals surface area (Å²) in [6.45, 7) is 28.0. The lowest BCUT2D eigenvalue weighted by Crippen LogP contribution is -2.00. The van der Waals surface area contributed by atoms with E-state index >= 15 is 0 Å². The molecule has 0 N–H and O–H groups in total. The van der Waals surface area contributed by atoms with Crippen LogP contribution >= 0.6 is 0 Å². The Hall–Kier alpha value is -1.22. The molecule has 1 aromatic carbocycles. The highest BCUT2D eigenvalue weighted by Crippen LogP contribution is 2.16. The molecule has 0 heterocycles. The molecule has 0 unspecified atom stereocenters. The van der Waals surface area contributed by atoms with Crippen LogP contribution in [0.15, 0.2) is 12.1 Å². The summed E-state index contributed by atoms with van der Waals surface area (Å²) in [7, 11) is 0. The smallest absolute Gasteiger partial charge is 0.0301 e. The first-order valence-electron chi connectivity index (χ1n) is 9.81. The molecule has 0 aromatic heterocycles. The van der Waals surface area contributed by atoms with Crippen molar-refractivity contribution in [3.05, 3.63) is 34.4 Å². The van der Waals surface area contributed by atoms with Crippen molar-refractivity contribution in [1.29, 1.82) is 0 Å². The lowest BCUT2D eigenvalue weighted by atomic mass is 9.94. The minimum atomic E-state index is 0.500. The van der Waals surface area contributed by atoms with Gasteiger partial charge in [0, 0.05) is 5.56 Å². The van der Waals surface area contributed by atoms with Gasteiger partial charge in [-0.15, -0.1) is 6.42 Å². The van der Waals surface area contributed by atoms with E-state index in [4.69, 9.17) is 6.42 Å². The van der Waals surface area contributed by atoms with Crippen LogP contribution in [-0.4, -0.2) is 0 Å². The third-order valence-corrected chi connectivity index (χ3v) is 3.21. The fraction of sp³-hybridized carbons (Fsp3) is 0.680. The molecule has 1 aromatic rings. The van der Waals surface area contributed by atoms with Gasteiger partial charge >= 0.3 is 0 Å². The Morgan fingerprint density at radius 3 is 1.28 bits per heavy atom. The average molecular weight is 347 g/mol. The third-order valence-electron chi connectivity index (χ3n) is 3.21. The molecule has 25 heavy (non-hydrogen) atoms. The van der Waals surface area contributed by atoms with Crippen LogP contribution in [0.1, 0.15) is 105 Å². The quantitative estimate of drug-likeness (QED) is 0.448. The summed E-state index contributed by atoms with van der Waals surface area (Å²) in [6.07, 6.45) is 7.74. The molecule has 0 spiro atoms. The molecular formula is C25H46. The summed E-state index contributed by atoms with van der Waals surface area (Å²) in [4.78, 5) is 0. The maximum absolute atomic E-state index is 5.39. The topological polar surface area (TPSA) is 0 Å². The van der Waals surface area contributed by atoms with E-state index in [1.54, 1.807) is 0 Å². The number of hydrogen-bond acceptors (Lipinski definition) is 0. The van der Waals surface area contributed by atoms with E-state index in [-0.39, 0.29) is 0 Å². The fourth-order valence-corrected chi connectivity index (χ4v) is 1.48. The molecule has 0 radical (unpaired) electrons. The van der Waals surface area contributed by atoms with E-state index in [0.717, 1.165) is 12.0 Å². The van der Waals surface area contributed by atoms with Crippen LogP contribution in [0.4, 0.5) is 0 Å². The molecule has 0 amide bonds. The van der Waals surface area contributed by atoms with Gasteiger partial charge in [-0.25, -0.2) is 0 Å². The number of rotatable bonds is 1. The molecule has 0 atom stereocenters. The Balaban J connectivity index is -0.000000315. The molecule has 0 aliphatic carbocycles. The van der Waals surface area contributed by atoms with E-state index in [2.05, 4.69) is 94.2 Å². The summed E-state index contributed by atoms with van der Waals surface area (Å²) < 4.78 is 0. The van der Waals surface area contributed by atoms with Crippen LogP contribution in [0.25, 0.3) is 0 Å². The lowest BCUT2D eigenvalue weighted by molar-refractivity contribution is 0.398. The molecule has 0 aliphatic rings. The molecule has 1 rings (SSSR count). The van der Waals surface area contributed by atoms with Gasteiger partial charge in [0.1, 0.15) is 0 Å². The van der Waals surface area contributed by atoms with Gasteiger partial charge in [0.05, 0.1) is 0 Å². The van der Waals surface area contributed by atoms with Crippen LogP contribution < -0.4 is 0 Å². The van der Waals surface area contributed by atoms with E-state index in [1.807, 2.05) is 13.8 Å². The van der Waals surface area contributed by atoms with Crippen molar-refractivity contribution in [2.45, 2.75) is 103 Å². The van der Waals surface area contributed by atoms with Gasteiger partial charge in [-0.1, -0.05) is 101 Å².